The van der Waals surface area contributed by atoms with E-state index in [0.717, 1.165) is 24.5 Å². The van der Waals surface area contributed by atoms with Gasteiger partial charge in [0.2, 0.25) is 0 Å². The molecule has 3 heterocycles. The lowest BCUT2D eigenvalue weighted by atomic mass is 10.2. The molecule has 3 aromatic rings. The Morgan fingerprint density at radius 2 is 1.92 bits per heavy atom. The molecule has 4 rings (SSSR count). The number of fused-ring (bicyclic) bond motifs is 1. The predicted octanol–water partition coefficient (Wildman–Crippen LogP) is 0.927. The van der Waals surface area contributed by atoms with Gasteiger partial charge in [-0.15, -0.1) is 0 Å². The maximum absolute atomic E-state index is 12.5. The number of amides is 1. The molecule has 26 heavy (non-hydrogen) atoms. The van der Waals surface area contributed by atoms with Crippen LogP contribution in [0.2, 0.25) is 0 Å². The summed E-state index contributed by atoms with van der Waals surface area (Å²) < 4.78 is 1.48. The lowest BCUT2D eigenvalue weighted by Crippen LogP contribution is -2.48. The van der Waals surface area contributed by atoms with E-state index in [1.807, 2.05) is 30.0 Å². The average Bonchev–Trinajstić information content (AvgIpc) is 3.10. The number of nitrogens with one attached hydrogen (secondary N) is 1. The fourth-order valence-electron chi connectivity index (χ4n) is 3.25. The summed E-state index contributed by atoms with van der Waals surface area (Å²) in [6, 6.07) is 7.47. The minimum Gasteiger partial charge on any atom is -0.368 e. The number of hydrogen-bond donors (Lipinski definition) is 1. The Morgan fingerprint density at radius 1 is 1.15 bits per heavy atom. The Kier molecular flexibility index (Phi) is 3.95. The molecule has 2 aromatic heterocycles. The molecule has 1 fully saturated rings. The van der Waals surface area contributed by atoms with Crippen LogP contribution in [0.5, 0.6) is 0 Å². The second-order valence-corrected chi connectivity index (χ2v) is 6.58. The number of H-pyrrole nitrogens is 1. The van der Waals surface area contributed by atoms with Gasteiger partial charge in [-0.25, -0.2) is 4.98 Å². The molecule has 1 aromatic carbocycles. The fraction of sp³-hybridized carbons (Fsp3) is 0.333. The van der Waals surface area contributed by atoms with Gasteiger partial charge < -0.3 is 14.4 Å². The molecule has 0 radical (unpaired) electrons. The Labute approximate surface area is 150 Å². The first-order chi connectivity index (χ1) is 12.5. The molecule has 1 aliphatic heterocycles. The Morgan fingerprint density at radius 3 is 2.62 bits per heavy atom. The summed E-state index contributed by atoms with van der Waals surface area (Å²) in [5, 5.41) is 7.47. The third kappa shape index (κ3) is 2.83. The third-order valence-electron chi connectivity index (χ3n) is 4.76. The van der Waals surface area contributed by atoms with Gasteiger partial charge in [0.25, 0.3) is 11.5 Å². The third-order valence-corrected chi connectivity index (χ3v) is 4.76. The first kappa shape index (κ1) is 16.3. The molecule has 134 valence electrons. The number of rotatable bonds is 2. The lowest BCUT2D eigenvalue weighted by Gasteiger charge is -2.35. The van der Waals surface area contributed by atoms with Crippen LogP contribution < -0.4 is 10.5 Å². The van der Waals surface area contributed by atoms with Gasteiger partial charge in [0.15, 0.2) is 0 Å². The van der Waals surface area contributed by atoms with Crippen LogP contribution in [0.4, 0.5) is 5.69 Å². The van der Waals surface area contributed by atoms with Crippen LogP contribution in [0.25, 0.3) is 10.9 Å². The van der Waals surface area contributed by atoms with Crippen molar-refractivity contribution in [3.05, 3.63) is 52.3 Å². The topological polar surface area (TPSA) is 87.1 Å². The Hall–Kier alpha value is -3.16. The normalized spacial score (nSPS) is 14.8. The van der Waals surface area contributed by atoms with E-state index in [1.54, 1.807) is 13.1 Å². The van der Waals surface area contributed by atoms with Gasteiger partial charge in [-0.05, 0) is 31.2 Å². The highest BCUT2D eigenvalue weighted by Crippen LogP contribution is 2.21. The van der Waals surface area contributed by atoms with Crippen LogP contribution in [0.3, 0.4) is 0 Å². The van der Waals surface area contributed by atoms with Gasteiger partial charge in [-0.2, -0.15) is 5.10 Å². The summed E-state index contributed by atoms with van der Waals surface area (Å²) in [4.78, 5) is 33.0. The lowest BCUT2D eigenvalue weighted by molar-refractivity contribution is 0.0741. The molecule has 0 aliphatic carbocycles. The van der Waals surface area contributed by atoms with Crippen molar-refractivity contribution in [3.63, 3.8) is 0 Å². The second kappa shape index (κ2) is 6.29. The van der Waals surface area contributed by atoms with E-state index in [1.165, 1.54) is 10.9 Å². The number of aryl methyl sites for hydroxylation is 2. The largest absolute Gasteiger partial charge is 0.368 e. The van der Waals surface area contributed by atoms with E-state index in [4.69, 9.17) is 0 Å². The minimum absolute atomic E-state index is 0.0438. The average molecular weight is 352 g/mol. The predicted molar refractivity (Wildman–Crippen MR) is 98.4 cm³/mol. The number of hydrogen-bond acceptors (Lipinski definition) is 5. The Balaban J connectivity index is 1.49. The molecule has 8 heteroatoms. The number of aromatic nitrogens is 4. The standard InChI is InChI=1S/C18H20N6O2/c1-12-9-16(21-20-12)18(26)24-7-5-23(6-8-24)13-3-4-14-15(10-13)19-11-22(2)17(14)25/h3-4,9-11H,5-8H2,1-2H3,(H,20,21). The first-order valence-corrected chi connectivity index (χ1v) is 8.54. The number of nitrogens with zero attached hydrogens (tertiary/aromatic N) is 5. The number of carbonyl (C=O) groups is 1. The van der Waals surface area contributed by atoms with Crippen LogP contribution in [0.1, 0.15) is 16.2 Å². The summed E-state index contributed by atoms with van der Waals surface area (Å²) in [6.45, 7) is 4.60. The number of aromatic amines is 1. The summed E-state index contributed by atoms with van der Waals surface area (Å²) in [6.07, 6.45) is 1.54. The zero-order valence-corrected chi connectivity index (χ0v) is 14.8. The zero-order chi connectivity index (χ0) is 18.3. The van der Waals surface area contributed by atoms with Crippen molar-refractivity contribution in [1.29, 1.82) is 0 Å². The van der Waals surface area contributed by atoms with E-state index >= 15 is 0 Å². The molecule has 1 N–H and O–H groups in total. The van der Waals surface area contributed by atoms with E-state index in [2.05, 4.69) is 20.1 Å². The van der Waals surface area contributed by atoms with Crippen molar-refractivity contribution in [3.8, 4) is 0 Å². The highest BCUT2D eigenvalue weighted by Gasteiger charge is 2.24. The van der Waals surface area contributed by atoms with Crippen molar-refractivity contribution in [2.24, 2.45) is 7.05 Å². The van der Waals surface area contributed by atoms with Gasteiger partial charge in [-0.3, -0.25) is 14.7 Å². The van der Waals surface area contributed by atoms with E-state index < -0.39 is 0 Å². The number of benzene rings is 1. The smallest absolute Gasteiger partial charge is 0.274 e. The molecule has 0 unspecified atom stereocenters. The van der Waals surface area contributed by atoms with Crippen molar-refractivity contribution in [2.45, 2.75) is 6.92 Å². The first-order valence-electron chi connectivity index (χ1n) is 8.54. The zero-order valence-electron chi connectivity index (χ0n) is 14.8. The molecule has 0 saturated carbocycles. The summed E-state index contributed by atoms with van der Waals surface area (Å²) in [5.74, 6) is -0.0438. The SMILES string of the molecule is Cc1cc(C(=O)N2CCN(c3ccc4c(=O)n(C)cnc4c3)CC2)n[nH]1. The van der Waals surface area contributed by atoms with Crippen molar-refractivity contribution < 1.29 is 4.79 Å². The van der Waals surface area contributed by atoms with Crippen molar-refractivity contribution >= 4 is 22.5 Å². The molecule has 1 aliphatic rings. The Bertz CT molecular complexity index is 1030. The molecule has 1 amide bonds. The van der Waals surface area contributed by atoms with Gasteiger partial charge in [0.1, 0.15) is 5.69 Å². The van der Waals surface area contributed by atoms with Crippen molar-refractivity contribution in [2.75, 3.05) is 31.1 Å². The molecule has 8 nitrogen and oxygen atoms in total. The second-order valence-electron chi connectivity index (χ2n) is 6.58. The highest BCUT2D eigenvalue weighted by molar-refractivity contribution is 5.92. The molecule has 0 bridgehead atoms. The minimum atomic E-state index is -0.0498. The van der Waals surface area contributed by atoms with E-state index in [-0.39, 0.29) is 11.5 Å². The summed E-state index contributed by atoms with van der Waals surface area (Å²) in [5.41, 5.74) is 2.99. The molecule has 1 saturated heterocycles. The number of carbonyl (C=O) groups excluding carboxylic acids is 1. The highest BCUT2D eigenvalue weighted by atomic mass is 16.2. The maximum atomic E-state index is 12.5. The van der Waals surface area contributed by atoms with Crippen molar-refractivity contribution in [1.82, 2.24) is 24.6 Å². The number of piperazine rings is 1. The van der Waals surface area contributed by atoms with Crippen LogP contribution in [0, 0.1) is 6.92 Å². The van der Waals surface area contributed by atoms with Crippen LogP contribution in [-0.2, 0) is 7.05 Å². The number of anilines is 1. The van der Waals surface area contributed by atoms with Crippen LogP contribution in [-0.4, -0.2) is 56.7 Å². The van der Waals surface area contributed by atoms with E-state index in [0.29, 0.717) is 29.7 Å². The van der Waals surface area contributed by atoms with Gasteiger partial charge in [0, 0.05) is 44.6 Å². The van der Waals surface area contributed by atoms with Gasteiger partial charge >= 0.3 is 0 Å². The van der Waals surface area contributed by atoms with Gasteiger partial charge in [0.05, 0.1) is 17.2 Å². The summed E-state index contributed by atoms with van der Waals surface area (Å²) >= 11 is 0. The molecule has 0 spiro atoms. The maximum Gasteiger partial charge on any atom is 0.274 e. The monoisotopic (exact) mass is 352 g/mol. The summed E-state index contributed by atoms with van der Waals surface area (Å²) in [7, 11) is 1.69. The fourth-order valence-corrected chi connectivity index (χ4v) is 3.25. The van der Waals surface area contributed by atoms with E-state index in [9.17, 15) is 9.59 Å². The van der Waals surface area contributed by atoms with Crippen LogP contribution >= 0.6 is 0 Å². The molecular formula is C18H20N6O2. The quantitative estimate of drug-likeness (QED) is 0.741. The molecular weight excluding hydrogens is 332 g/mol. The van der Waals surface area contributed by atoms with Crippen LogP contribution in [0.15, 0.2) is 35.4 Å². The van der Waals surface area contributed by atoms with Gasteiger partial charge in [-0.1, -0.05) is 0 Å². The molecule has 0 atom stereocenters.